The number of carbonyl (C=O) groups excluding carboxylic acids is 2. The van der Waals surface area contributed by atoms with Gasteiger partial charge in [0.1, 0.15) is 13.2 Å². The second kappa shape index (κ2) is 10.7. The molecule has 8 heteroatoms. The number of nitrogens with zero attached hydrogens (tertiary/aromatic N) is 1. The highest BCUT2D eigenvalue weighted by Gasteiger charge is 2.29. The molecule has 2 aromatic rings. The number of amides is 2. The molecule has 33 heavy (non-hydrogen) atoms. The van der Waals surface area contributed by atoms with Crippen LogP contribution in [0.25, 0.3) is 11.1 Å². The third kappa shape index (κ3) is 6.28. The number of hydrogen-bond acceptors (Lipinski definition) is 5. The number of benzene rings is 2. The van der Waals surface area contributed by atoms with Gasteiger partial charge in [-0.25, -0.2) is 4.79 Å². The molecule has 0 fully saturated rings. The van der Waals surface area contributed by atoms with E-state index >= 15 is 0 Å². The molecule has 2 N–H and O–H groups in total. The molecular weight excluding hydrogens is 440 g/mol. The molecule has 0 atom stereocenters. The maximum absolute atomic E-state index is 12.4. The van der Waals surface area contributed by atoms with Crippen LogP contribution >= 0.6 is 11.8 Å². The van der Waals surface area contributed by atoms with Crippen molar-refractivity contribution in [2.45, 2.75) is 32.2 Å². The van der Waals surface area contributed by atoms with Gasteiger partial charge >= 0.3 is 12.1 Å². The van der Waals surface area contributed by atoms with E-state index in [9.17, 15) is 14.4 Å². The van der Waals surface area contributed by atoms with E-state index < -0.39 is 17.6 Å². The summed E-state index contributed by atoms with van der Waals surface area (Å²) in [5.74, 6) is -0.609. The van der Waals surface area contributed by atoms with Crippen LogP contribution in [0.3, 0.4) is 0 Å². The van der Waals surface area contributed by atoms with Gasteiger partial charge in [0.15, 0.2) is 0 Å². The van der Waals surface area contributed by atoms with Crippen molar-refractivity contribution >= 4 is 29.7 Å². The Bertz CT molecular complexity index is 972. The molecule has 0 spiro atoms. The van der Waals surface area contributed by atoms with Crippen LogP contribution in [-0.4, -0.2) is 64.7 Å². The number of hydrogen-bond donors (Lipinski definition) is 2. The third-order valence-electron chi connectivity index (χ3n) is 5.49. The highest BCUT2D eigenvalue weighted by molar-refractivity contribution is 7.99. The summed E-state index contributed by atoms with van der Waals surface area (Å²) in [5.41, 5.74) is 4.09. The minimum atomic E-state index is -1.04. The highest BCUT2D eigenvalue weighted by Crippen LogP contribution is 2.44. The number of ether oxygens (including phenoxy) is 1. The van der Waals surface area contributed by atoms with Gasteiger partial charge in [0.25, 0.3) is 0 Å². The zero-order chi connectivity index (χ0) is 24.0. The summed E-state index contributed by atoms with van der Waals surface area (Å²) in [6.45, 7) is 5.68. The molecule has 2 amide bonds. The largest absolute Gasteiger partial charge is 0.480 e. The van der Waals surface area contributed by atoms with Crippen LogP contribution in [0.5, 0.6) is 0 Å². The molecule has 0 radical (unpaired) electrons. The minimum Gasteiger partial charge on any atom is -0.480 e. The number of carboxylic acids is 1. The number of carbonyl (C=O) groups is 3. The first kappa shape index (κ1) is 24.6. The monoisotopic (exact) mass is 470 g/mol. The Hall–Kier alpha value is -3.00. The van der Waals surface area contributed by atoms with Gasteiger partial charge in [-0.05, 0) is 43.0 Å². The van der Waals surface area contributed by atoms with Crippen molar-refractivity contribution in [2.24, 2.45) is 0 Å². The fourth-order valence-electron chi connectivity index (χ4n) is 3.95. The molecular formula is C25H30N2O5S. The predicted molar refractivity (Wildman–Crippen MR) is 129 cm³/mol. The molecule has 0 saturated heterocycles. The first-order valence-electron chi connectivity index (χ1n) is 10.9. The minimum absolute atomic E-state index is 0.00719. The maximum Gasteiger partial charge on any atom is 0.407 e. The van der Waals surface area contributed by atoms with Gasteiger partial charge in [0.05, 0.1) is 5.75 Å². The van der Waals surface area contributed by atoms with Crippen LogP contribution in [0.2, 0.25) is 0 Å². The molecule has 0 aromatic heterocycles. The SMILES string of the molecule is CC(C)(C)N(CC(=O)O)C(=O)CSCCNC(=O)OCC1c2ccccc2-c2ccccc21. The van der Waals surface area contributed by atoms with Crippen LogP contribution < -0.4 is 5.32 Å². The Morgan fingerprint density at radius 1 is 1.03 bits per heavy atom. The molecule has 7 nitrogen and oxygen atoms in total. The summed E-state index contributed by atoms with van der Waals surface area (Å²) in [6.07, 6.45) is -0.494. The van der Waals surface area contributed by atoms with E-state index in [2.05, 4.69) is 29.6 Å². The Morgan fingerprint density at radius 2 is 1.61 bits per heavy atom. The molecule has 1 aliphatic rings. The first-order valence-corrected chi connectivity index (χ1v) is 12.0. The lowest BCUT2D eigenvalue weighted by Crippen LogP contribution is -2.49. The van der Waals surface area contributed by atoms with E-state index in [1.807, 2.05) is 24.3 Å². The molecule has 3 rings (SSSR count). The maximum atomic E-state index is 12.4. The normalized spacial score (nSPS) is 12.6. The smallest absolute Gasteiger partial charge is 0.407 e. The fraction of sp³-hybridized carbons (Fsp3) is 0.400. The second-order valence-corrected chi connectivity index (χ2v) is 9.95. The van der Waals surface area contributed by atoms with Crippen molar-refractivity contribution < 1.29 is 24.2 Å². The molecule has 0 saturated carbocycles. The lowest BCUT2D eigenvalue weighted by Gasteiger charge is -2.34. The van der Waals surface area contributed by atoms with Crippen LogP contribution in [0.1, 0.15) is 37.8 Å². The van der Waals surface area contributed by atoms with Gasteiger partial charge in [-0.1, -0.05) is 48.5 Å². The van der Waals surface area contributed by atoms with Gasteiger partial charge in [-0.15, -0.1) is 0 Å². The predicted octanol–water partition coefficient (Wildman–Crippen LogP) is 3.97. The summed E-state index contributed by atoms with van der Waals surface area (Å²) in [4.78, 5) is 37.0. The number of alkyl carbamates (subject to hydrolysis) is 1. The number of fused-ring (bicyclic) bond motifs is 3. The number of nitrogens with one attached hydrogen (secondary N) is 1. The fourth-order valence-corrected chi connectivity index (χ4v) is 4.67. The lowest BCUT2D eigenvalue weighted by atomic mass is 9.98. The van der Waals surface area contributed by atoms with Crippen molar-refractivity contribution in [1.29, 1.82) is 0 Å². The Morgan fingerprint density at radius 3 is 2.15 bits per heavy atom. The number of rotatable bonds is 9. The van der Waals surface area contributed by atoms with E-state index in [-0.39, 0.29) is 30.7 Å². The Labute approximate surface area is 198 Å². The number of thioether (sulfide) groups is 1. The van der Waals surface area contributed by atoms with E-state index in [1.165, 1.54) is 27.8 Å². The van der Waals surface area contributed by atoms with Gasteiger partial charge in [0.2, 0.25) is 5.91 Å². The van der Waals surface area contributed by atoms with Crippen molar-refractivity contribution in [3.8, 4) is 11.1 Å². The van der Waals surface area contributed by atoms with Gasteiger partial charge < -0.3 is 20.1 Å². The van der Waals surface area contributed by atoms with Crippen LogP contribution in [0, 0.1) is 0 Å². The summed E-state index contributed by atoms with van der Waals surface area (Å²) in [5, 5.41) is 11.8. The molecule has 0 heterocycles. The van der Waals surface area contributed by atoms with Gasteiger partial charge in [-0.2, -0.15) is 11.8 Å². The Balaban J connectivity index is 1.42. The zero-order valence-corrected chi connectivity index (χ0v) is 20.0. The topological polar surface area (TPSA) is 95.9 Å². The third-order valence-corrected chi connectivity index (χ3v) is 6.43. The summed E-state index contributed by atoms with van der Waals surface area (Å²) in [7, 11) is 0. The van der Waals surface area contributed by atoms with Crippen molar-refractivity contribution in [3.63, 3.8) is 0 Å². The first-order chi connectivity index (χ1) is 15.7. The van der Waals surface area contributed by atoms with Crippen LogP contribution in [0.4, 0.5) is 4.79 Å². The average Bonchev–Trinajstić information content (AvgIpc) is 3.08. The Kier molecular flexibility index (Phi) is 8.02. The van der Waals surface area contributed by atoms with Crippen molar-refractivity contribution in [2.75, 3.05) is 31.2 Å². The highest BCUT2D eigenvalue weighted by atomic mass is 32.2. The van der Waals surface area contributed by atoms with Gasteiger partial charge in [0, 0.05) is 23.8 Å². The number of carboxylic acid groups (broad SMARTS) is 1. The summed E-state index contributed by atoms with van der Waals surface area (Å²) < 4.78 is 5.49. The van der Waals surface area contributed by atoms with Crippen molar-refractivity contribution in [1.82, 2.24) is 10.2 Å². The van der Waals surface area contributed by atoms with E-state index in [0.29, 0.717) is 12.3 Å². The lowest BCUT2D eigenvalue weighted by molar-refractivity contribution is -0.146. The quantitative estimate of drug-likeness (QED) is 0.539. The molecule has 0 bridgehead atoms. The second-order valence-electron chi connectivity index (χ2n) is 8.85. The summed E-state index contributed by atoms with van der Waals surface area (Å²) in [6, 6.07) is 16.3. The van der Waals surface area contributed by atoms with Crippen molar-refractivity contribution in [3.05, 3.63) is 59.7 Å². The van der Waals surface area contributed by atoms with Crippen LogP contribution in [0.15, 0.2) is 48.5 Å². The van der Waals surface area contributed by atoms with E-state index in [1.54, 1.807) is 20.8 Å². The average molecular weight is 471 g/mol. The van der Waals surface area contributed by atoms with Crippen LogP contribution in [-0.2, 0) is 14.3 Å². The molecule has 1 aliphatic carbocycles. The molecule has 176 valence electrons. The standard InChI is InChI=1S/C25H30N2O5S/c1-25(2,3)27(14-23(29)30)22(28)16-33-13-12-26-24(31)32-15-21-19-10-6-4-8-17(19)18-9-5-7-11-20(18)21/h4-11,21H,12-16H2,1-3H3,(H,26,31)(H,29,30). The molecule has 2 aromatic carbocycles. The van der Waals surface area contributed by atoms with E-state index in [0.717, 1.165) is 11.1 Å². The number of aliphatic carboxylic acids is 1. The molecule has 0 unspecified atom stereocenters. The van der Waals surface area contributed by atoms with Gasteiger partial charge in [-0.3, -0.25) is 9.59 Å². The summed E-state index contributed by atoms with van der Waals surface area (Å²) >= 11 is 1.35. The van der Waals surface area contributed by atoms with E-state index in [4.69, 9.17) is 9.84 Å². The zero-order valence-electron chi connectivity index (χ0n) is 19.2. The molecule has 0 aliphatic heterocycles.